The Labute approximate surface area is 98.9 Å². The minimum Gasteiger partial charge on any atom is -0.361 e. The van der Waals surface area contributed by atoms with Crippen molar-refractivity contribution in [3.05, 3.63) is 15.1 Å². The van der Waals surface area contributed by atoms with Crippen LogP contribution >= 0.6 is 38.9 Å². The van der Waals surface area contributed by atoms with Crippen LogP contribution in [0, 0.1) is 0 Å². The standard InChI is InChI=1S/C8H7BrClN3S/c1-13(2)7-6-4(3-5(9)14-6)11-8(10)12-7/h3H,1-2H3. The molecule has 0 amide bonds. The minimum atomic E-state index is 0.284. The highest BCUT2D eigenvalue weighted by Crippen LogP contribution is 2.34. The Balaban J connectivity index is 2.79. The molecule has 2 rings (SSSR count). The van der Waals surface area contributed by atoms with E-state index in [0.29, 0.717) is 0 Å². The fourth-order valence-electron chi connectivity index (χ4n) is 1.16. The average Bonchev–Trinajstić information content (AvgIpc) is 2.42. The summed E-state index contributed by atoms with van der Waals surface area (Å²) in [5.74, 6) is 0.857. The number of fused-ring (bicyclic) bond motifs is 1. The first kappa shape index (κ1) is 10.1. The number of halogens is 2. The van der Waals surface area contributed by atoms with Gasteiger partial charge < -0.3 is 4.90 Å². The van der Waals surface area contributed by atoms with Gasteiger partial charge in [-0.1, -0.05) is 0 Å². The minimum absolute atomic E-state index is 0.284. The summed E-state index contributed by atoms with van der Waals surface area (Å²) < 4.78 is 2.08. The maximum atomic E-state index is 5.82. The van der Waals surface area contributed by atoms with Gasteiger partial charge in [-0.05, 0) is 33.6 Å². The van der Waals surface area contributed by atoms with Crippen molar-refractivity contribution >= 4 is 54.9 Å². The summed E-state index contributed by atoms with van der Waals surface area (Å²) in [6, 6.07) is 1.94. The van der Waals surface area contributed by atoms with E-state index in [1.165, 1.54) is 0 Å². The van der Waals surface area contributed by atoms with Gasteiger partial charge in [0, 0.05) is 14.1 Å². The van der Waals surface area contributed by atoms with Gasteiger partial charge in [0.05, 0.1) is 14.0 Å². The fourth-order valence-corrected chi connectivity index (χ4v) is 2.93. The summed E-state index contributed by atoms with van der Waals surface area (Å²) in [4.78, 5) is 10.3. The van der Waals surface area contributed by atoms with Gasteiger partial charge in [-0.25, -0.2) is 4.98 Å². The SMILES string of the molecule is CN(C)c1nc(Cl)nc2cc(Br)sc12. The van der Waals surface area contributed by atoms with Gasteiger partial charge in [0.15, 0.2) is 5.82 Å². The second-order valence-corrected chi connectivity index (χ2v) is 5.75. The number of hydrogen-bond donors (Lipinski definition) is 0. The summed E-state index contributed by atoms with van der Waals surface area (Å²) in [6.07, 6.45) is 0. The zero-order valence-electron chi connectivity index (χ0n) is 7.58. The van der Waals surface area contributed by atoms with Crippen LogP contribution in [0.2, 0.25) is 5.28 Å². The first-order valence-electron chi connectivity index (χ1n) is 3.88. The Kier molecular flexibility index (Phi) is 2.64. The monoisotopic (exact) mass is 291 g/mol. The van der Waals surface area contributed by atoms with Crippen molar-refractivity contribution in [1.82, 2.24) is 9.97 Å². The molecule has 0 aliphatic heterocycles. The van der Waals surface area contributed by atoms with Crippen LogP contribution in [-0.2, 0) is 0 Å². The van der Waals surface area contributed by atoms with Crippen molar-refractivity contribution in [2.45, 2.75) is 0 Å². The van der Waals surface area contributed by atoms with Crippen LogP contribution in [0.5, 0.6) is 0 Å². The van der Waals surface area contributed by atoms with Crippen molar-refractivity contribution in [3.63, 3.8) is 0 Å². The normalized spacial score (nSPS) is 10.9. The quantitative estimate of drug-likeness (QED) is 0.756. The first-order chi connectivity index (χ1) is 6.58. The topological polar surface area (TPSA) is 29.0 Å². The van der Waals surface area contributed by atoms with Gasteiger partial charge in [0.25, 0.3) is 0 Å². The van der Waals surface area contributed by atoms with Gasteiger partial charge >= 0.3 is 0 Å². The Bertz CT molecular complexity index is 483. The molecule has 2 aromatic rings. The second kappa shape index (κ2) is 3.64. The third kappa shape index (κ3) is 1.71. The van der Waals surface area contributed by atoms with Crippen LogP contribution in [0.1, 0.15) is 0 Å². The lowest BCUT2D eigenvalue weighted by atomic mass is 10.4. The lowest BCUT2D eigenvalue weighted by Gasteiger charge is -2.11. The predicted octanol–water partition coefficient (Wildman–Crippen LogP) is 3.17. The molecule has 0 radical (unpaired) electrons. The molecule has 0 bridgehead atoms. The van der Waals surface area contributed by atoms with Crippen molar-refractivity contribution in [1.29, 1.82) is 0 Å². The van der Waals surface area contributed by atoms with E-state index in [1.54, 1.807) is 11.3 Å². The molecule has 0 N–H and O–H groups in total. The van der Waals surface area contributed by atoms with Crippen LogP contribution in [0.25, 0.3) is 10.2 Å². The average molecular weight is 293 g/mol. The Morgan fingerprint density at radius 2 is 2.14 bits per heavy atom. The summed E-state index contributed by atoms with van der Waals surface area (Å²) in [6.45, 7) is 0. The van der Waals surface area contributed by atoms with Gasteiger partial charge in [-0.2, -0.15) is 4.98 Å². The number of anilines is 1. The number of thiophene rings is 1. The molecule has 74 valence electrons. The van der Waals surface area contributed by atoms with Gasteiger partial charge in [-0.3, -0.25) is 0 Å². The molecule has 2 heterocycles. The molecule has 0 aliphatic rings. The van der Waals surface area contributed by atoms with Crippen LogP contribution in [0.15, 0.2) is 9.85 Å². The van der Waals surface area contributed by atoms with Gasteiger partial charge in [0.2, 0.25) is 5.28 Å². The zero-order valence-corrected chi connectivity index (χ0v) is 10.7. The fraction of sp³-hybridized carbons (Fsp3) is 0.250. The number of rotatable bonds is 1. The Hall–Kier alpha value is -0.390. The number of nitrogens with zero attached hydrogens (tertiary/aromatic N) is 3. The van der Waals surface area contributed by atoms with E-state index in [9.17, 15) is 0 Å². The molecule has 0 aliphatic carbocycles. The summed E-state index contributed by atoms with van der Waals surface area (Å²) >= 11 is 10.8. The zero-order chi connectivity index (χ0) is 10.3. The highest BCUT2D eigenvalue weighted by Gasteiger charge is 2.11. The number of aromatic nitrogens is 2. The largest absolute Gasteiger partial charge is 0.361 e. The van der Waals surface area contributed by atoms with Crippen molar-refractivity contribution < 1.29 is 0 Å². The first-order valence-corrected chi connectivity index (χ1v) is 5.86. The van der Waals surface area contributed by atoms with Crippen LogP contribution in [-0.4, -0.2) is 24.1 Å². The summed E-state index contributed by atoms with van der Waals surface area (Å²) in [7, 11) is 3.87. The van der Waals surface area contributed by atoms with E-state index >= 15 is 0 Å². The van der Waals surface area contributed by atoms with Crippen molar-refractivity contribution in [2.75, 3.05) is 19.0 Å². The molecule has 3 nitrogen and oxygen atoms in total. The maximum Gasteiger partial charge on any atom is 0.224 e. The summed E-state index contributed by atoms with van der Waals surface area (Å²) in [5.41, 5.74) is 0.880. The maximum absolute atomic E-state index is 5.82. The van der Waals surface area contributed by atoms with Crippen molar-refractivity contribution in [3.8, 4) is 0 Å². The molecule has 0 atom stereocenters. The highest BCUT2D eigenvalue weighted by atomic mass is 79.9. The molecule has 6 heteroatoms. The molecule has 14 heavy (non-hydrogen) atoms. The second-order valence-electron chi connectivity index (χ2n) is 2.98. The van der Waals surface area contributed by atoms with Crippen LogP contribution < -0.4 is 4.90 Å². The van der Waals surface area contributed by atoms with E-state index in [4.69, 9.17) is 11.6 Å². The van der Waals surface area contributed by atoms with Gasteiger partial charge in [0.1, 0.15) is 0 Å². The van der Waals surface area contributed by atoms with E-state index in [-0.39, 0.29) is 5.28 Å². The van der Waals surface area contributed by atoms with Crippen LogP contribution in [0.4, 0.5) is 5.82 Å². The van der Waals surface area contributed by atoms with E-state index < -0.39 is 0 Å². The third-order valence-electron chi connectivity index (χ3n) is 1.72. The molecular weight excluding hydrogens is 286 g/mol. The number of hydrogen-bond acceptors (Lipinski definition) is 4. The van der Waals surface area contributed by atoms with E-state index in [2.05, 4.69) is 25.9 Å². The Morgan fingerprint density at radius 3 is 2.79 bits per heavy atom. The highest BCUT2D eigenvalue weighted by molar-refractivity contribution is 9.11. The third-order valence-corrected chi connectivity index (χ3v) is 3.51. The molecular formula is C8H7BrClN3S. The lowest BCUT2D eigenvalue weighted by Crippen LogP contribution is -2.11. The van der Waals surface area contributed by atoms with Crippen LogP contribution in [0.3, 0.4) is 0 Å². The smallest absolute Gasteiger partial charge is 0.224 e. The van der Waals surface area contributed by atoms with E-state index in [0.717, 1.165) is 19.8 Å². The van der Waals surface area contributed by atoms with Crippen molar-refractivity contribution in [2.24, 2.45) is 0 Å². The molecule has 0 saturated heterocycles. The Morgan fingerprint density at radius 1 is 1.43 bits per heavy atom. The molecule has 2 aromatic heterocycles. The van der Waals surface area contributed by atoms with Gasteiger partial charge in [-0.15, -0.1) is 11.3 Å². The molecule has 0 spiro atoms. The van der Waals surface area contributed by atoms with E-state index in [1.807, 2.05) is 25.1 Å². The molecule has 0 saturated carbocycles. The molecule has 0 fully saturated rings. The predicted molar refractivity (Wildman–Crippen MR) is 64.5 cm³/mol. The summed E-state index contributed by atoms with van der Waals surface area (Å²) in [5, 5.41) is 0.284. The molecule has 0 aromatic carbocycles. The molecule has 0 unspecified atom stereocenters. The lowest BCUT2D eigenvalue weighted by molar-refractivity contribution is 1.07.